The number of pyridine rings is 1. The molecule has 2 unspecified atom stereocenters. The zero-order valence-electron chi connectivity index (χ0n) is 9.45. The largest absolute Gasteiger partial charge is 0.305 e. The van der Waals surface area contributed by atoms with Crippen LogP contribution in [0.1, 0.15) is 31.5 Å². The van der Waals surface area contributed by atoms with Gasteiger partial charge in [0.25, 0.3) is 0 Å². The highest BCUT2D eigenvalue weighted by Gasteiger charge is 2.17. The predicted molar refractivity (Wildman–Crippen MR) is 66.1 cm³/mol. The summed E-state index contributed by atoms with van der Waals surface area (Å²) in [6.45, 7) is 2.08. The van der Waals surface area contributed by atoms with Crippen LogP contribution in [0.15, 0.2) is 18.3 Å². The van der Waals surface area contributed by atoms with Gasteiger partial charge in [-0.05, 0) is 37.7 Å². The second kappa shape index (κ2) is 5.64. The molecule has 0 spiro atoms. The van der Waals surface area contributed by atoms with Crippen molar-refractivity contribution < 1.29 is 4.39 Å². The number of hydrogen-bond acceptors (Lipinski definition) is 3. The van der Waals surface area contributed by atoms with Crippen molar-refractivity contribution in [3.63, 3.8) is 0 Å². The number of thioether (sulfide) groups is 1. The third-order valence-electron chi connectivity index (χ3n) is 2.84. The maximum Gasteiger partial charge on any atom is 0.141 e. The Hall–Kier alpha value is -0.610. The highest BCUT2D eigenvalue weighted by molar-refractivity contribution is 7.99. The molecule has 2 heterocycles. The van der Waals surface area contributed by atoms with E-state index in [1.807, 2.05) is 11.8 Å². The molecule has 4 heteroatoms. The lowest BCUT2D eigenvalue weighted by Crippen LogP contribution is -2.35. The monoisotopic (exact) mass is 240 g/mol. The average molecular weight is 240 g/mol. The zero-order valence-corrected chi connectivity index (χ0v) is 10.3. The molecular weight excluding hydrogens is 223 g/mol. The fraction of sp³-hybridized carbons (Fsp3) is 0.583. The molecular formula is C12H17FN2S. The number of hydrogen-bond donors (Lipinski definition) is 1. The second-order valence-electron chi connectivity index (χ2n) is 4.20. The Kier molecular flexibility index (Phi) is 4.18. The lowest BCUT2D eigenvalue weighted by molar-refractivity contribution is 0.446. The Bertz CT molecular complexity index is 322. The number of nitrogens with one attached hydrogen (secondary N) is 1. The topological polar surface area (TPSA) is 24.9 Å². The Morgan fingerprint density at radius 3 is 3.06 bits per heavy atom. The molecule has 1 fully saturated rings. The first-order chi connectivity index (χ1) is 7.75. The van der Waals surface area contributed by atoms with Crippen LogP contribution in [0.2, 0.25) is 0 Å². The van der Waals surface area contributed by atoms with Gasteiger partial charge in [-0.1, -0.05) is 0 Å². The summed E-state index contributed by atoms with van der Waals surface area (Å²) < 4.78 is 12.7. The highest BCUT2D eigenvalue weighted by atomic mass is 32.2. The number of rotatable bonds is 3. The van der Waals surface area contributed by atoms with Gasteiger partial charge in [-0.3, -0.25) is 4.98 Å². The van der Waals surface area contributed by atoms with E-state index in [9.17, 15) is 4.39 Å². The van der Waals surface area contributed by atoms with Crippen LogP contribution in [0.5, 0.6) is 0 Å². The molecule has 0 aromatic carbocycles. The number of aromatic nitrogens is 1. The van der Waals surface area contributed by atoms with E-state index in [-0.39, 0.29) is 11.9 Å². The van der Waals surface area contributed by atoms with Crippen LogP contribution in [0.25, 0.3) is 0 Å². The molecule has 88 valence electrons. The molecule has 0 radical (unpaired) electrons. The van der Waals surface area contributed by atoms with Crippen molar-refractivity contribution in [2.24, 2.45) is 0 Å². The first kappa shape index (κ1) is 11.9. The van der Waals surface area contributed by atoms with E-state index in [0.717, 1.165) is 5.69 Å². The molecule has 1 saturated heterocycles. The second-order valence-corrected chi connectivity index (χ2v) is 5.35. The summed E-state index contributed by atoms with van der Waals surface area (Å²) in [4.78, 5) is 4.10. The van der Waals surface area contributed by atoms with Gasteiger partial charge in [0.2, 0.25) is 0 Å². The van der Waals surface area contributed by atoms with Crippen molar-refractivity contribution in [1.82, 2.24) is 10.3 Å². The minimum atomic E-state index is -0.274. The van der Waals surface area contributed by atoms with Crippen LogP contribution in [-0.2, 0) is 0 Å². The molecule has 2 rings (SSSR count). The Morgan fingerprint density at radius 1 is 1.56 bits per heavy atom. The van der Waals surface area contributed by atoms with Gasteiger partial charge in [0.1, 0.15) is 5.82 Å². The van der Waals surface area contributed by atoms with Gasteiger partial charge in [0, 0.05) is 17.8 Å². The molecule has 2 nitrogen and oxygen atoms in total. The van der Waals surface area contributed by atoms with Crippen molar-refractivity contribution in [2.45, 2.75) is 31.8 Å². The van der Waals surface area contributed by atoms with Gasteiger partial charge >= 0.3 is 0 Å². The normalized spacial score (nSPS) is 23.0. The lowest BCUT2D eigenvalue weighted by Gasteiger charge is -2.26. The van der Waals surface area contributed by atoms with Crippen LogP contribution < -0.4 is 5.32 Å². The van der Waals surface area contributed by atoms with Crippen molar-refractivity contribution in [2.75, 3.05) is 11.5 Å². The van der Waals surface area contributed by atoms with Crippen LogP contribution in [0, 0.1) is 5.82 Å². The van der Waals surface area contributed by atoms with Gasteiger partial charge in [0.15, 0.2) is 0 Å². The smallest absolute Gasteiger partial charge is 0.141 e. The first-order valence-corrected chi connectivity index (χ1v) is 6.86. The maximum absolute atomic E-state index is 12.7. The fourth-order valence-corrected chi connectivity index (χ4v) is 3.04. The van der Waals surface area contributed by atoms with Crippen molar-refractivity contribution in [3.05, 3.63) is 29.8 Å². The van der Waals surface area contributed by atoms with E-state index in [0.29, 0.717) is 6.04 Å². The zero-order chi connectivity index (χ0) is 11.4. The highest BCUT2D eigenvalue weighted by Crippen LogP contribution is 2.20. The van der Waals surface area contributed by atoms with Crippen molar-refractivity contribution in [1.29, 1.82) is 0 Å². The molecule has 0 saturated carbocycles. The lowest BCUT2D eigenvalue weighted by atomic mass is 10.1. The summed E-state index contributed by atoms with van der Waals surface area (Å²) in [7, 11) is 0. The van der Waals surface area contributed by atoms with Gasteiger partial charge < -0.3 is 5.32 Å². The number of nitrogens with zero attached hydrogens (tertiary/aromatic N) is 1. The summed E-state index contributed by atoms with van der Waals surface area (Å²) >= 11 is 2.00. The molecule has 0 aliphatic carbocycles. The average Bonchev–Trinajstić information content (AvgIpc) is 2.31. The molecule has 1 aromatic rings. The van der Waals surface area contributed by atoms with Crippen molar-refractivity contribution >= 4 is 11.8 Å². The third-order valence-corrected chi connectivity index (χ3v) is 4.06. The molecule has 2 atom stereocenters. The van der Waals surface area contributed by atoms with E-state index in [2.05, 4.69) is 17.2 Å². The summed E-state index contributed by atoms with van der Waals surface area (Å²) in [5.74, 6) is 2.18. The minimum Gasteiger partial charge on any atom is -0.305 e. The van der Waals surface area contributed by atoms with Crippen LogP contribution in [0.4, 0.5) is 4.39 Å². The molecule has 1 N–H and O–H groups in total. The molecule has 0 amide bonds. The summed E-state index contributed by atoms with van der Waals surface area (Å²) in [6.07, 6.45) is 3.80. The van der Waals surface area contributed by atoms with E-state index >= 15 is 0 Å². The SMILES string of the molecule is CC(NC1CCCSC1)c1ccc(F)cn1. The Labute approximate surface area is 100 Å². The van der Waals surface area contributed by atoms with Crippen LogP contribution in [-0.4, -0.2) is 22.5 Å². The molecule has 1 aliphatic heterocycles. The Balaban J connectivity index is 1.91. The van der Waals surface area contributed by atoms with Crippen molar-refractivity contribution in [3.8, 4) is 0 Å². The number of halogens is 1. The third kappa shape index (κ3) is 3.19. The fourth-order valence-electron chi connectivity index (χ4n) is 1.95. The summed E-state index contributed by atoms with van der Waals surface area (Å²) in [5, 5.41) is 3.55. The van der Waals surface area contributed by atoms with E-state index < -0.39 is 0 Å². The van der Waals surface area contributed by atoms with E-state index in [4.69, 9.17) is 0 Å². The summed E-state index contributed by atoms with van der Waals surface area (Å²) in [6, 6.07) is 3.99. The van der Waals surface area contributed by atoms with Gasteiger partial charge in [-0.2, -0.15) is 11.8 Å². The molecule has 1 aromatic heterocycles. The Morgan fingerprint density at radius 2 is 2.44 bits per heavy atom. The predicted octanol–water partition coefficient (Wildman–Crippen LogP) is 2.77. The van der Waals surface area contributed by atoms with Crippen LogP contribution >= 0.6 is 11.8 Å². The van der Waals surface area contributed by atoms with Gasteiger partial charge in [0.05, 0.1) is 11.9 Å². The van der Waals surface area contributed by atoms with Gasteiger partial charge in [-0.25, -0.2) is 4.39 Å². The van der Waals surface area contributed by atoms with E-state index in [1.54, 1.807) is 6.07 Å². The maximum atomic E-state index is 12.7. The van der Waals surface area contributed by atoms with E-state index in [1.165, 1.54) is 36.6 Å². The molecule has 1 aliphatic rings. The van der Waals surface area contributed by atoms with Crippen LogP contribution in [0.3, 0.4) is 0 Å². The molecule has 0 bridgehead atoms. The first-order valence-electron chi connectivity index (χ1n) is 5.71. The minimum absolute atomic E-state index is 0.198. The standard InChI is InChI=1S/C12H17FN2S/c1-9(12-5-4-10(13)7-14-12)15-11-3-2-6-16-8-11/h4-5,7,9,11,15H,2-3,6,8H2,1H3. The summed E-state index contributed by atoms with van der Waals surface area (Å²) in [5.41, 5.74) is 0.914. The quantitative estimate of drug-likeness (QED) is 0.879. The molecule has 16 heavy (non-hydrogen) atoms. The van der Waals surface area contributed by atoms with Gasteiger partial charge in [-0.15, -0.1) is 0 Å².